The van der Waals surface area contributed by atoms with Gasteiger partial charge in [-0.15, -0.1) is 0 Å². The molecule has 1 rings (SSSR count). The van der Waals surface area contributed by atoms with Crippen molar-refractivity contribution in [1.29, 1.82) is 0 Å². The van der Waals surface area contributed by atoms with Crippen LogP contribution < -0.4 is 0 Å². The highest BCUT2D eigenvalue weighted by molar-refractivity contribution is 5.87. The molecule has 4 heteroatoms. The van der Waals surface area contributed by atoms with Crippen LogP contribution in [0.1, 0.15) is 20.3 Å². The molecule has 1 fully saturated rings. The topological polar surface area (TPSA) is 55.7 Å². The summed E-state index contributed by atoms with van der Waals surface area (Å²) < 4.78 is 4.55. The lowest BCUT2D eigenvalue weighted by Crippen LogP contribution is -2.27. The summed E-state index contributed by atoms with van der Waals surface area (Å²) in [5.41, 5.74) is -1.22. The Morgan fingerprint density at radius 1 is 1.58 bits per heavy atom. The van der Waals surface area contributed by atoms with Gasteiger partial charge >= 0.3 is 5.97 Å². The second-order valence-corrected chi connectivity index (χ2v) is 3.62. The first-order valence-corrected chi connectivity index (χ1v) is 3.67. The molecule has 0 aliphatic heterocycles. The zero-order valence-corrected chi connectivity index (χ0v) is 7.38. The fraction of sp³-hybridized carbons (Fsp3) is 0.750. The minimum Gasteiger partial charge on any atom is -0.467 e. The molecular formula is C8H11NO3. The van der Waals surface area contributed by atoms with Gasteiger partial charge in [0.15, 0.2) is 5.54 Å². The minimum atomic E-state index is -0.955. The highest BCUT2D eigenvalue weighted by atomic mass is 16.5. The first kappa shape index (κ1) is 8.94. The Morgan fingerprint density at radius 2 is 2.08 bits per heavy atom. The average molecular weight is 169 g/mol. The number of nitrogens with zero attached hydrogens (tertiary/aromatic N) is 1. The third kappa shape index (κ3) is 0.959. The number of carbonyl (C=O) groups excluding carboxylic acids is 2. The monoisotopic (exact) mass is 169 g/mol. The van der Waals surface area contributed by atoms with Crippen molar-refractivity contribution in [3.8, 4) is 0 Å². The summed E-state index contributed by atoms with van der Waals surface area (Å²) in [7, 11) is 1.29. The van der Waals surface area contributed by atoms with Crippen LogP contribution in [-0.4, -0.2) is 24.7 Å². The van der Waals surface area contributed by atoms with Crippen LogP contribution in [0.3, 0.4) is 0 Å². The fourth-order valence-corrected chi connectivity index (χ4v) is 1.43. The lowest BCUT2D eigenvalue weighted by molar-refractivity contribution is -0.144. The van der Waals surface area contributed by atoms with Crippen molar-refractivity contribution < 1.29 is 14.3 Å². The van der Waals surface area contributed by atoms with E-state index in [1.807, 2.05) is 13.8 Å². The van der Waals surface area contributed by atoms with Crippen LogP contribution in [0.25, 0.3) is 0 Å². The Morgan fingerprint density at radius 3 is 2.33 bits per heavy atom. The Bertz CT molecular complexity index is 265. The van der Waals surface area contributed by atoms with Crippen LogP contribution in [0.5, 0.6) is 0 Å². The molecule has 0 bridgehead atoms. The molecule has 0 spiro atoms. The van der Waals surface area contributed by atoms with Gasteiger partial charge in [-0.3, -0.25) is 0 Å². The van der Waals surface area contributed by atoms with Crippen molar-refractivity contribution in [3.05, 3.63) is 0 Å². The van der Waals surface area contributed by atoms with E-state index in [0.717, 1.165) is 0 Å². The van der Waals surface area contributed by atoms with Crippen LogP contribution in [0, 0.1) is 5.41 Å². The predicted molar refractivity (Wildman–Crippen MR) is 41.3 cm³/mol. The van der Waals surface area contributed by atoms with E-state index >= 15 is 0 Å². The molecule has 12 heavy (non-hydrogen) atoms. The third-order valence-corrected chi connectivity index (χ3v) is 2.45. The number of rotatable bonds is 2. The molecule has 4 nitrogen and oxygen atoms in total. The van der Waals surface area contributed by atoms with E-state index < -0.39 is 11.5 Å². The van der Waals surface area contributed by atoms with Crippen LogP contribution >= 0.6 is 0 Å². The highest BCUT2D eigenvalue weighted by Crippen LogP contribution is 2.58. The van der Waals surface area contributed by atoms with Gasteiger partial charge in [-0.1, -0.05) is 13.8 Å². The molecule has 0 aromatic heterocycles. The number of hydrogen-bond donors (Lipinski definition) is 0. The van der Waals surface area contributed by atoms with Crippen molar-refractivity contribution in [1.82, 2.24) is 0 Å². The van der Waals surface area contributed by atoms with Gasteiger partial charge < -0.3 is 4.74 Å². The van der Waals surface area contributed by atoms with Gasteiger partial charge in [-0.2, -0.15) is 4.99 Å². The third-order valence-electron chi connectivity index (χ3n) is 2.45. The zero-order valence-electron chi connectivity index (χ0n) is 7.38. The quantitative estimate of drug-likeness (QED) is 0.346. The molecule has 1 saturated carbocycles. The van der Waals surface area contributed by atoms with Gasteiger partial charge in [0.2, 0.25) is 6.08 Å². The molecule has 1 atom stereocenters. The average Bonchev–Trinajstić information content (AvgIpc) is 2.54. The summed E-state index contributed by atoms with van der Waals surface area (Å²) in [5.74, 6) is -0.448. The Hall–Kier alpha value is -1.15. The van der Waals surface area contributed by atoms with Crippen LogP contribution in [-0.2, 0) is 14.3 Å². The Kier molecular flexibility index (Phi) is 1.80. The molecule has 0 radical (unpaired) electrons. The summed E-state index contributed by atoms with van der Waals surface area (Å²) in [6.07, 6.45) is 1.97. The minimum absolute atomic E-state index is 0.266. The van der Waals surface area contributed by atoms with E-state index in [0.29, 0.717) is 6.42 Å². The number of isocyanates is 1. The SMILES string of the molecule is COC(=O)C1(N=C=O)CC1(C)C. The Labute approximate surface area is 70.6 Å². The molecule has 0 N–H and O–H groups in total. The maximum absolute atomic E-state index is 11.2. The van der Waals surface area contributed by atoms with E-state index in [2.05, 4.69) is 9.73 Å². The van der Waals surface area contributed by atoms with Gasteiger partial charge in [0.1, 0.15) is 0 Å². The molecule has 0 heterocycles. The van der Waals surface area contributed by atoms with Gasteiger partial charge in [0.25, 0.3) is 0 Å². The summed E-state index contributed by atoms with van der Waals surface area (Å²) in [6.45, 7) is 3.73. The predicted octanol–water partition coefficient (Wildman–Crippen LogP) is 0.664. The van der Waals surface area contributed by atoms with E-state index in [-0.39, 0.29) is 5.41 Å². The molecule has 1 aliphatic rings. The van der Waals surface area contributed by atoms with Crippen molar-refractivity contribution in [2.24, 2.45) is 10.4 Å². The summed E-state index contributed by atoms with van der Waals surface area (Å²) in [5, 5.41) is 0. The van der Waals surface area contributed by atoms with Gasteiger partial charge in [0, 0.05) is 5.41 Å². The summed E-state index contributed by atoms with van der Waals surface area (Å²) in [4.78, 5) is 24.8. The molecule has 0 saturated heterocycles. The second-order valence-electron chi connectivity index (χ2n) is 3.62. The summed E-state index contributed by atoms with van der Waals surface area (Å²) in [6, 6.07) is 0. The largest absolute Gasteiger partial charge is 0.467 e. The molecule has 1 unspecified atom stereocenters. The molecule has 0 amide bonds. The lowest BCUT2D eigenvalue weighted by Gasteiger charge is -2.09. The number of hydrogen-bond acceptors (Lipinski definition) is 4. The van der Waals surface area contributed by atoms with Gasteiger partial charge in [-0.25, -0.2) is 9.59 Å². The fourth-order valence-electron chi connectivity index (χ4n) is 1.43. The first-order valence-electron chi connectivity index (χ1n) is 3.67. The maximum atomic E-state index is 11.2. The van der Waals surface area contributed by atoms with Crippen molar-refractivity contribution in [3.63, 3.8) is 0 Å². The van der Waals surface area contributed by atoms with E-state index in [1.54, 1.807) is 0 Å². The number of aliphatic imine (C=N–C) groups is 1. The van der Waals surface area contributed by atoms with E-state index in [4.69, 9.17) is 0 Å². The molecule has 0 aromatic rings. The van der Waals surface area contributed by atoms with Crippen molar-refractivity contribution >= 4 is 12.0 Å². The zero-order chi connectivity index (χ0) is 9.41. The molecule has 66 valence electrons. The smallest absolute Gasteiger partial charge is 0.335 e. The number of esters is 1. The molecular weight excluding hydrogens is 158 g/mol. The first-order chi connectivity index (χ1) is 5.50. The normalized spacial score (nSPS) is 30.2. The van der Waals surface area contributed by atoms with Crippen LogP contribution in [0.15, 0.2) is 4.99 Å². The van der Waals surface area contributed by atoms with Gasteiger partial charge in [0.05, 0.1) is 7.11 Å². The number of methoxy groups -OCH3 is 1. The van der Waals surface area contributed by atoms with Crippen molar-refractivity contribution in [2.45, 2.75) is 25.8 Å². The van der Waals surface area contributed by atoms with Crippen LogP contribution in [0.2, 0.25) is 0 Å². The Balaban J connectivity index is 2.94. The molecule has 0 aromatic carbocycles. The second kappa shape index (κ2) is 2.42. The lowest BCUT2D eigenvalue weighted by atomic mass is 10.1. The van der Waals surface area contributed by atoms with Crippen LogP contribution in [0.4, 0.5) is 0 Å². The standard InChI is InChI=1S/C8H11NO3/c1-7(2)4-8(7,9-5-10)6(11)12-3/h4H2,1-3H3. The van der Waals surface area contributed by atoms with E-state index in [9.17, 15) is 9.59 Å². The summed E-state index contributed by atoms with van der Waals surface area (Å²) >= 11 is 0. The number of carbonyl (C=O) groups is 1. The molecule has 1 aliphatic carbocycles. The highest BCUT2D eigenvalue weighted by Gasteiger charge is 2.68. The number of ether oxygens (including phenoxy) is 1. The van der Waals surface area contributed by atoms with E-state index in [1.165, 1.54) is 13.2 Å². The maximum Gasteiger partial charge on any atom is 0.335 e. The van der Waals surface area contributed by atoms with Gasteiger partial charge in [-0.05, 0) is 6.42 Å². The van der Waals surface area contributed by atoms with Crippen molar-refractivity contribution in [2.75, 3.05) is 7.11 Å².